The first kappa shape index (κ1) is 9.79. The van der Waals surface area contributed by atoms with Crippen LogP contribution in [0.3, 0.4) is 0 Å². The van der Waals surface area contributed by atoms with Crippen LogP contribution in [0.5, 0.6) is 0 Å². The molecule has 0 fully saturated rings. The van der Waals surface area contributed by atoms with Crippen molar-refractivity contribution in [3.8, 4) is 0 Å². The molecule has 0 saturated carbocycles. The summed E-state index contributed by atoms with van der Waals surface area (Å²) in [5, 5.41) is 2.95. The Balaban J connectivity index is 2.14. The van der Waals surface area contributed by atoms with E-state index in [9.17, 15) is 4.79 Å². The second kappa shape index (κ2) is 3.78. The van der Waals surface area contributed by atoms with Gasteiger partial charge in [0.25, 0.3) is 0 Å². The Bertz CT molecular complexity index is 371. The minimum Gasteiger partial charge on any atom is -0.461 e. The highest BCUT2D eigenvalue weighted by Crippen LogP contribution is 2.20. The van der Waals surface area contributed by atoms with E-state index >= 15 is 0 Å². The van der Waals surface area contributed by atoms with Gasteiger partial charge in [-0.2, -0.15) is 0 Å². The van der Waals surface area contributed by atoms with Crippen LogP contribution in [0.1, 0.15) is 6.92 Å². The molecule has 2 aliphatic rings. The van der Waals surface area contributed by atoms with Gasteiger partial charge in [-0.3, -0.25) is 0 Å². The van der Waals surface area contributed by atoms with Crippen LogP contribution in [0, 0.1) is 0 Å². The zero-order chi connectivity index (χ0) is 10.8. The Labute approximate surface area is 87.9 Å². The van der Waals surface area contributed by atoms with Crippen LogP contribution in [0.25, 0.3) is 0 Å². The molecule has 1 atom stereocenters. The summed E-state index contributed by atoms with van der Waals surface area (Å²) in [6.07, 6.45) is 6.98. The zero-order valence-corrected chi connectivity index (χ0v) is 8.43. The van der Waals surface area contributed by atoms with Crippen LogP contribution < -0.4 is 11.1 Å². The number of carbonyl (C=O) groups excluding carboxylic acids is 1. The molecule has 0 aromatic rings. The predicted octanol–water partition coefficient (Wildman–Crippen LogP) is -0.00790. The van der Waals surface area contributed by atoms with E-state index in [0.717, 1.165) is 5.82 Å². The van der Waals surface area contributed by atoms with Crippen molar-refractivity contribution in [1.82, 2.24) is 10.2 Å². The summed E-state index contributed by atoms with van der Waals surface area (Å²) in [4.78, 5) is 13.2. The van der Waals surface area contributed by atoms with E-state index in [1.807, 2.05) is 18.2 Å². The number of allylic oxidation sites excluding steroid dienone is 2. The van der Waals surface area contributed by atoms with Gasteiger partial charge in [0.05, 0.1) is 6.61 Å². The smallest absolute Gasteiger partial charge is 0.356 e. The molecular formula is C10H13N3O2. The van der Waals surface area contributed by atoms with Crippen molar-refractivity contribution in [3.63, 3.8) is 0 Å². The number of carbonyl (C=O) groups is 1. The summed E-state index contributed by atoms with van der Waals surface area (Å²) in [5.41, 5.74) is 6.24. The Kier molecular flexibility index (Phi) is 2.47. The zero-order valence-electron chi connectivity index (χ0n) is 8.43. The van der Waals surface area contributed by atoms with Gasteiger partial charge in [-0.05, 0) is 19.1 Å². The lowest BCUT2D eigenvalue weighted by Gasteiger charge is -2.24. The average molecular weight is 207 g/mol. The lowest BCUT2D eigenvalue weighted by Crippen LogP contribution is -2.37. The van der Waals surface area contributed by atoms with E-state index in [1.54, 1.807) is 18.0 Å². The van der Waals surface area contributed by atoms with Gasteiger partial charge in [0.15, 0.2) is 0 Å². The molecule has 2 aliphatic heterocycles. The number of nitrogens with two attached hydrogens (primary N) is 1. The van der Waals surface area contributed by atoms with Gasteiger partial charge in [-0.15, -0.1) is 0 Å². The fraction of sp³-hybridized carbons (Fsp3) is 0.300. The van der Waals surface area contributed by atoms with Gasteiger partial charge in [0, 0.05) is 6.20 Å². The number of rotatable bonds is 2. The summed E-state index contributed by atoms with van der Waals surface area (Å²) in [6.45, 7) is 2.13. The number of nitrogens with one attached hydrogen (secondary N) is 1. The van der Waals surface area contributed by atoms with Gasteiger partial charge >= 0.3 is 5.97 Å². The first-order valence-corrected chi connectivity index (χ1v) is 4.80. The van der Waals surface area contributed by atoms with Crippen molar-refractivity contribution in [3.05, 3.63) is 35.9 Å². The Morgan fingerprint density at radius 1 is 1.73 bits per heavy atom. The molecular weight excluding hydrogens is 194 g/mol. The lowest BCUT2D eigenvalue weighted by molar-refractivity contribution is -0.138. The maximum absolute atomic E-state index is 11.4. The minimum atomic E-state index is -0.361. The van der Waals surface area contributed by atoms with Gasteiger partial charge in [-0.1, -0.05) is 6.08 Å². The van der Waals surface area contributed by atoms with Crippen LogP contribution in [0.15, 0.2) is 35.9 Å². The molecule has 0 spiro atoms. The van der Waals surface area contributed by atoms with Gasteiger partial charge in [0.1, 0.15) is 17.7 Å². The van der Waals surface area contributed by atoms with E-state index < -0.39 is 0 Å². The maximum atomic E-state index is 11.4. The third-order valence-electron chi connectivity index (χ3n) is 2.19. The van der Waals surface area contributed by atoms with Crippen LogP contribution >= 0.6 is 0 Å². The van der Waals surface area contributed by atoms with Gasteiger partial charge in [0.2, 0.25) is 0 Å². The molecule has 15 heavy (non-hydrogen) atoms. The lowest BCUT2D eigenvalue weighted by atomic mass is 10.3. The fourth-order valence-electron chi connectivity index (χ4n) is 1.48. The third kappa shape index (κ3) is 1.73. The molecule has 0 radical (unpaired) electrons. The molecule has 0 saturated heterocycles. The summed E-state index contributed by atoms with van der Waals surface area (Å²) in [7, 11) is 0. The van der Waals surface area contributed by atoms with Gasteiger partial charge in [-0.25, -0.2) is 4.79 Å². The summed E-state index contributed by atoms with van der Waals surface area (Å²) < 4.78 is 4.88. The summed E-state index contributed by atoms with van der Waals surface area (Å²) in [6, 6.07) is 0. The van der Waals surface area contributed by atoms with Crippen molar-refractivity contribution < 1.29 is 9.53 Å². The van der Waals surface area contributed by atoms with Crippen molar-refractivity contribution in [2.24, 2.45) is 5.73 Å². The Hall–Kier alpha value is -1.75. The van der Waals surface area contributed by atoms with Crippen LogP contribution in [0.2, 0.25) is 0 Å². The van der Waals surface area contributed by atoms with E-state index in [4.69, 9.17) is 10.5 Å². The van der Waals surface area contributed by atoms with Crippen LogP contribution in [0.4, 0.5) is 0 Å². The fourth-order valence-corrected chi connectivity index (χ4v) is 1.48. The SMILES string of the molecule is CCOC(=O)C1=CN2C(=CC=CC2N)N1. The Morgan fingerprint density at radius 2 is 2.53 bits per heavy atom. The molecule has 5 nitrogen and oxygen atoms in total. The number of esters is 1. The molecule has 2 rings (SSSR count). The highest BCUT2D eigenvalue weighted by Gasteiger charge is 2.26. The highest BCUT2D eigenvalue weighted by atomic mass is 16.5. The van der Waals surface area contributed by atoms with E-state index in [2.05, 4.69) is 5.32 Å². The molecule has 5 heteroatoms. The van der Waals surface area contributed by atoms with E-state index in [-0.39, 0.29) is 12.1 Å². The highest BCUT2D eigenvalue weighted by molar-refractivity contribution is 5.88. The number of fused-ring (bicyclic) bond motifs is 1. The van der Waals surface area contributed by atoms with Crippen molar-refractivity contribution >= 4 is 5.97 Å². The number of hydrogen-bond acceptors (Lipinski definition) is 5. The molecule has 2 heterocycles. The van der Waals surface area contributed by atoms with Gasteiger partial charge < -0.3 is 20.7 Å². The number of hydrogen-bond donors (Lipinski definition) is 2. The van der Waals surface area contributed by atoms with Crippen molar-refractivity contribution in [2.75, 3.05) is 6.61 Å². The largest absolute Gasteiger partial charge is 0.461 e. The topological polar surface area (TPSA) is 67.6 Å². The van der Waals surface area contributed by atoms with Crippen LogP contribution in [-0.2, 0) is 9.53 Å². The quantitative estimate of drug-likeness (QED) is 0.623. The average Bonchev–Trinajstić information content (AvgIpc) is 2.63. The number of ether oxygens (including phenoxy) is 1. The maximum Gasteiger partial charge on any atom is 0.356 e. The van der Waals surface area contributed by atoms with Crippen molar-refractivity contribution in [2.45, 2.75) is 13.1 Å². The first-order chi connectivity index (χ1) is 7.22. The predicted molar refractivity (Wildman–Crippen MR) is 54.9 cm³/mol. The van der Waals surface area contributed by atoms with Crippen LogP contribution in [-0.4, -0.2) is 23.6 Å². The molecule has 0 aromatic carbocycles. The second-order valence-electron chi connectivity index (χ2n) is 3.22. The molecule has 0 aromatic heterocycles. The molecule has 0 bridgehead atoms. The molecule has 0 aliphatic carbocycles. The van der Waals surface area contributed by atoms with E-state index in [1.165, 1.54) is 0 Å². The summed E-state index contributed by atoms with van der Waals surface area (Å²) in [5.74, 6) is 0.438. The Morgan fingerprint density at radius 3 is 3.20 bits per heavy atom. The molecule has 80 valence electrons. The molecule has 0 amide bonds. The third-order valence-corrected chi connectivity index (χ3v) is 2.19. The normalized spacial score (nSPS) is 22.8. The standard InChI is InChI=1S/C10H13N3O2/c1-2-15-10(14)7-6-13-8(11)4-3-5-9(13)12-7/h3-6,8,12H,2,11H2,1H3. The van der Waals surface area contributed by atoms with Crippen molar-refractivity contribution in [1.29, 1.82) is 0 Å². The second-order valence-corrected chi connectivity index (χ2v) is 3.22. The first-order valence-electron chi connectivity index (χ1n) is 4.80. The molecule has 3 N–H and O–H groups in total. The van der Waals surface area contributed by atoms with E-state index in [0.29, 0.717) is 12.3 Å². The molecule has 1 unspecified atom stereocenters. The minimum absolute atomic E-state index is 0.232. The monoisotopic (exact) mass is 207 g/mol. The number of nitrogens with zero attached hydrogens (tertiary/aromatic N) is 1. The summed E-state index contributed by atoms with van der Waals surface area (Å²) >= 11 is 0.